The lowest BCUT2D eigenvalue weighted by atomic mass is 10.1. The molecule has 0 aliphatic carbocycles. The summed E-state index contributed by atoms with van der Waals surface area (Å²) in [6.07, 6.45) is 1.10. The minimum atomic E-state index is 0.690. The minimum absolute atomic E-state index is 0.690. The van der Waals surface area contributed by atoms with E-state index in [1.165, 1.54) is 15.6 Å². The lowest BCUT2D eigenvalue weighted by Crippen LogP contribution is -1.99. The van der Waals surface area contributed by atoms with E-state index in [0.717, 1.165) is 11.8 Å². The summed E-state index contributed by atoms with van der Waals surface area (Å²) in [6.45, 7) is 6.45. The standard InChI is InChI=1S/C9H14BrNS/c1-6(5-10)4-9-11-7(2)8(3)12-9/h6H,4-5H2,1-3H3. The van der Waals surface area contributed by atoms with Gasteiger partial charge >= 0.3 is 0 Å². The monoisotopic (exact) mass is 247 g/mol. The summed E-state index contributed by atoms with van der Waals surface area (Å²) in [5.41, 5.74) is 1.19. The van der Waals surface area contributed by atoms with Crippen LogP contribution in [-0.2, 0) is 6.42 Å². The van der Waals surface area contributed by atoms with Crippen LogP contribution in [0.5, 0.6) is 0 Å². The molecule has 1 nitrogen and oxygen atoms in total. The lowest BCUT2D eigenvalue weighted by Gasteiger charge is -2.02. The average molecular weight is 248 g/mol. The Labute approximate surface area is 86.3 Å². The molecule has 12 heavy (non-hydrogen) atoms. The van der Waals surface area contributed by atoms with E-state index < -0.39 is 0 Å². The van der Waals surface area contributed by atoms with Gasteiger partial charge < -0.3 is 0 Å². The predicted molar refractivity (Wildman–Crippen MR) is 58.3 cm³/mol. The first kappa shape index (κ1) is 10.2. The van der Waals surface area contributed by atoms with Gasteiger partial charge in [-0.3, -0.25) is 0 Å². The van der Waals surface area contributed by atoms with Crippen LogP contribution in [0.2, 0.25) is 0 Å². The van der Waals surface area contributed by atoms with Gasteiger partial charge in [-0.1, -0.05) is 22.9 Å². The number of nitrogens with zero attached hydrogens (tertiary/aromatic N) is 1. The van der Waals surface area contributed by atoms with Crippen LogP contribution in [0.15, 0.2) is 0 Å². The van der Waals surface area contributed by atoms with E-state index in [1.54, 1.807) is 0 Å². The van der Waals surface area contributed by atoms with E-state index in [1.807, 2.05) is 11.3 Å². The lowest BCUT2D eigenvalue weighted by molar-refractivity contribution is 0.659. The number of thiazole rings is 1. The Morgan fingerprint density at radius 1 is 1.50 bits per heavy atom. The number of rotatable bonds is 3. The highest BCUT2D eigenvalue weighted by atomic mass is 79.9. The largest absolute Gasteiger partial charge is 0.246 e. The molecule has 0 aromatic carbocycles. The van der Waals surface area contributed by atoms with Crippen molar-refractivity contribution in [3.63, 3.8) is 0 Å². The summed E-state index contributed by atoms with van der Waals surface area (Å²) in [5.74, 6) is 0.690. The van der Waals surface area contributed by atoms with Crippen LogP contribution in [0, 0.1) is 19.8 Å². The molecule has 0 aliphatic heterocycles. The van der Waals surface area contributed by atoms with Gasteiger partial charge in [0.15, 0.2) is 0 Å². The van der Waals surface area contributed by atoms with Crippen molar-refractivity contribution >= 4 is 27.3 Å². The van der Waals surface area contributed by atoms with Crippen LogP contribution >= 0.6 is 27.3 Å². The van der Waals surface area contributed by atoms with Gasteiger partial charge in [0.05, 0.1) is 10.7 Å². The third-order valence-corrected chi connectivity index (χ3v) is 4.06. The first-order valence-corrected chi connectivity index (χ1v) is 6.06. The van der Waals surface area contributed by atoms with Crippen LogP contribution in [0.4, 0.5) is 0 Å². The fraction of sp³-hybridized carbons (Fsp3) is 0.667. The second-order valence-electron chi connectivity index (χ2n) is 3.21. The van der Waals surface area contributed by atoms with Gasteiger partial charge in [-0.2, -0.15) is 0 Å². The molecular weight excluding hydrogens is 234 g/mol. The molecular formula is C9H14BrNS. The number of hydrogen-bond donors (Lipinski definition) is 0. The number of aromatic nitrogens is 1. The highest BCUT2D eigenvalue weighted by molar-refractivity contribution is 9.09. The zero-order valence-electron chi connectivity index (χ0n) is 7.72. The van der Waals surface area contributed by atoms with E-state index in [4.69, 9.17) is 0 Å². The van der Waals surface area contributed by atoms with Crippen molar-refractivity contribution in [3.05, 3.63) is 15.6 Å². The van der Waals surface area contributed by atoms with Crippen molar-refractivity contribution in [2.24, 2.45) is 5.92 Å². The summed E-state index contributed by atoms with van der Waals surface area (Å²) in [7, 11) is 0. The van der Waals surface area contributed by atoms with Crippen LogP contribution < -0.4 is 0 Å². The maximum Gasteiger partial charge on any atom is 0.0933 e. The summed E-state index contributed by atoms with van der Waals surface area (Å²) < 4.78 is 0. The van der Waals surface area contributed by atoms with Gasteiger partial charge in [-0.15, -0.1) is 11.3 Å². The third-order valence-electron chi connectivity index (χ3n) is 1.86. The molecule has 1 atom stereocenters. The zero-order valence-corrected chi connectivity index (χ0v) is 10.1. The normalized spacial score (nSPS) is 13.3. The van der Waals surface area contributed by atoms with Crippen LogP contribution in [0.25, 0.3) is 0 Å². The first-order chi connectivity index (χ1) is 5.63. The molecule has 0 spiro atoms. The Bertz CT molecular complexity index is 238. The number of alkyl halides is 1. The van der Waals surface area contributed by atoms with Crippen LogP contribution in [0.1, 0.15) is 22.5 Å². The van der Waals surface area contributed by atoms with Gasteiger partial charge in [0.2, 0.25) is 0 Å². The average Bonchev–Trinajstić information content (AvgIpc) is 2.31. The van der Waals surface area contributed by atoms with Gasteiger partial charge in [-0.25, -0.2) is 4.98 Å². The zero-order chi connectivity index (χ0) is 9.14. The quantitative estimate of drug-likeness (QED) is 0.747. The molecule has 0 fully saturated rings. The molecule has 0 bridgehead atoms. The van der Waals surface area contributed by atoms with E-state index in [9.17, 15) is 0 Å². The van der Waals surface area contributed by atoms with Crippen molar-refractivity contribution in [1.29, 1.82) is 0 Å². The van der Waals surface area contributed by atoms with Crippen molar-refractivity contribution in [3.8, 4) is 0 Å². The van der Waals surface area contributed by atoms with Gasteiger partial charge in [0.1, 0.15) is 0 Å². The van der Waals surface area contributed by atoms with Crippen molar-refractivity contribution in [2.45, 2.75) is 27.2 Å². The maximum absolute atomic E-state index is 4.50. The first-order valence-electron chi connectivity index (χ1n) is 4.12. The molecule has 1 rings (SSSR count). The Balaban J connectivity index is 2.64. The SMILES string of the molecule is Cc1nc(CC(C)CBr)sc1C. The Hall–Kier alpha value is 0.110. The predicted octanol–water partition coefficient (Wildman–Crippen LogP) is 3.33. The van der Waals surface area contributed by atoms with E-state index >= 15 is 0 Å². The van der Waals surface area contributed by atoms with E-state index in [2.05, 4.69) is 41.7 Å². The Morgan fingerprint density at radius 2 is 2.17 bits per heavy atom. The van der Waals surface area contributed by atoms with Crippen molar-refractivity contribution in [2.75, 3.05) is 5.33 Å². The van der Waals surface area contributed by atoms with Crippen LogP contribution in [0.3, 0.4) is 0 Å². The molecule has 0 N–H and O–H groups in total. The minimum Gasteiger partial charge on any atom is -0.246 e. The van der Waals surface area contributed by atoms with E-state index in [-0.39, 0.29) is 0 Å². The molecule has 0 amide bonds. The summed E-state index contributed by atoms with van der Waals surface area (Å²) in [4.78, 5) is 5.85. The number of aryl methyl sites for hydroxylation is 2. The second kappa shape index (κ2) is 4.38. The van der Waals surface area contributed by atoms with Crippen molar-refractivity contribution < 1.29 is 0 Å². The molecule has 0 saturated carbocycles. The molecule has 1 heterocycles. The van der Waals surface area contributed by atoms with Gasteiger partial charge in [0.25, 0.3) is 0 Å². The molecule has 1 aromatic heterocycles. The van der Waals surface area contributed by atoms with E-state index in [0.29, 0.717) is 5.92 Å². The third kappa shape index (κ3) is 2.56. The van der Waals surface area contributed by atoms with Gasteiger partial charge in [0, 0.05) is 16.6 Å². The Morgan fingerprint density at radius 3 is 2.58 bits per heavy atom. The molecule has 0 aliphatic rings. The number of halogens is 1. The highest BCUT2D eigenvalue weighted by Crippen LogP contribution is 2.19. The second-order valence-corrected chi connectivity index (χ2v) is 5.15. The van der Waals surface area contributed by atoms with Crippen LogP contribution in [-0.4, -0.2) is 10.3 Å². The topological polar surface area (TPSA) is 12.9 Å². The molecule has 0 saturated heterocycles. The van der Waals surface area contributed by atoms with Crippen molar-refractivity contribution in [1.82, 2.24) is 4.98 Å². The summed E-state index contributed by atoms with van der Waals surface area (Å²) in [5, 5.41) is 2.34. The fourth-order valence-corrected chi connectivity index (χ4v) is 2.31. The Kier molecular flexibility index (Phi) is 3.72. The molecule has 1 unspecified atom stereocenters. The highest BCUT2D eigenvalue weighted by Gasteiger charge is 2.07. The molecule has 0 radical (unpaired) electrons. The molecule has 68 valence electrons. The summed E-state index contributed by atoms with van der Waals surface area (Å²) >= 11 is 5.30. The molecule has 1 aromatic rings. The summed E-state index contributed by atoms with van der Waals surface area (Å²) in [6, 6.07) is 0. The maximum atomic E-state index is 4.50. The molecule has 3 heteroatoms. The smallest absolute Gasteiger partial charge is 0.0933 e. The number of hydrogen-bond acceptors (Lipinski definition) is 2. The van der Waals surface area contributed by atoms with Gasteiger partial charge in [-0.05, 0) is 19.8 Å². The fourth-order valence-electron chi connectivity index (χ4n) is 0.979.